The summed E-state index contributed by atoms with van der Waals surface area (Å²) in [5.41, 5.74) is 8.04. The highest BCUT2D eigenvalue weighted by Gasteiger charge is 2.20. The van der Waals surface area contributed by atoms with Crippen molar-refractivity contribution in [3.05, 3.63) is 0 Å². The monoisotopic (exact) mass is 147 g/mol. The van der Waals surface area contributed by atoms with Crippen LogP contribution >= 0.6 is 11.8 Å². The second kappa shape index (κ2) is 2.32. The van der Waals surface area contributed by atoms with Crippen LogP contribution in [0.25, 0.3) is 0 Å². The van der Waals surface area contributed by atoms with E-state index in [-0.39, 0.29) is 5.50 Å². The van der Waals surface area contributed by atoms with Gasteiger partial charge in [-0.15, -0.1) is 16.9 Å². The van der Waals surface area contributed by atoms with Crippen LogP contribution in [0.5, 0.6) is 0 Å². The van der Waals surface area contributed by atoms with Gasteiger partial charge in [0.1, 0.15) is 0 Å². The third-order valence-electron chi connectivity index (χ3n) is 1.03. The number of hydrazone groups is 1. The van der Waals surface area contributed by atoms with Gasteiger partial charge in [-0.3, -0.25) is 5.43 Å². The van der Waals surface area contributed by atoms with Gasteiger partial charge in [0.25, 0.3) is 0 Å². The molecule has 1 aliphatic heterocycles. The molecule has 52 valence electrons. The van der Waals surface area contributed by atoms with Gasteiger partial charge >= 0.3 is 0 Å². The van der Waals surface area contributed by atoms with Gasteiger partial charge in [-0.1, -0.05) is 0 Å². The fraction of sp³-hybridized carbons (Fsp3) is 0.667. The molecule has 0 fully saturated rings. The Morgan fingerprint density at radius 1 is 1.89 bits per heavy atom. The smallest absolute Gasteiger partial charge is 0.230 e. The minimum Gasteiger partial charge on any atom is -0.367 e. The summed E-state index contributed by atoms with van der Waals surface area (Å²) in [6, 6.07) is 0. The highest BCUT2D eigenvalue weighted by atomic mass is 32.2. The van der Waals surface area contributed by atoms with Crippen LogP contribution in [0.2, 0.25) is 0 Å². The van der Waals surface area contributed by atoms with Crippen molar-refractivity contribution in [1.29, 1.82) is 0 Å². The molecule has 0 bridgehead atoms. The van der Waals surface area contributed by atoms with E-state index in [2.05, 4.69) is 10.5 Å². The van der Waals surface area contributed by atoms with Gasteiger partial charge in [0.2, 0.25) is 5.96 Å². The third kappa shape index (κ3) is 1.03. The Morgan fingerprint density at radius 3 is 2.78 bits per heavy atom. The van der Waals surface area contributed by atoms with Crippen molar-refractivity contribution in [2.24, 2.45) is 16.7 Å². The van der Waals surface area contributed by atoms with Crippen molar-refractivity contribution in [1.82, 2.24) is 10.4 Å². The molecule has 0 saturated heterocycles. The number of nitrogens with two attached hydrogens (primary N) is 2. The quantitative estimate of drug-likeness (QED) is 0.399. The molecule has 5 nitrogen and oxygen atoms in total. The summed E-state index contributed by atoms with van der Waals surface area (Å²) >= 11 is 1.54. The molecule has 1 heterocycles. The van der Waals surface area contributed by atoms with Crippen LogP contribution in [-0.2, 0) is 0 Å². The molecule has 0 amide bonds. The SMILES string of the molecule is CSC1NN=C(N)N1N. The normalized spacial score (nSPS) is 25.8. The van der Waals surface area contributed by atoms with E-state index in [1.807, 2.05) is 6.26 Å². The molecule has 1 unspecified atom stereocenters. The lowest BCUT2D eigenvalue weighted by Gasteiger charge is -2.16. The summed E-state index contributed by atoms with van der Waals surface area (Å²) in [6.45, 7) is 0. The van der Waals surface area contributed by atoms with E-state index >= 15 is 0 Å². The Labute approximate surface area is 57.4 Å². The first-order chi connectivity index (χ1) is 4.25. The molecule has 6 heteroatoms. The van der Waals surface area contributed by atoms with Gasteiger partial charge in [0.05, 0.1) is 0 Å². The van der Waals surface area contributed by atoms with Crippen molar-refractivity contribution in [3.63, 3.8) is 0 Å². The number of nitrogens with one attached hydrogen (secondary N) is 1. The molecule has 0 aliphatic carbocycles. The van der Waals surface area contributed by atoms with E-state index < -0.39 is 0 Å². The Bertz CT molecular complexity index is 134. The lowest BCUT2D eigenvalue weighted by Crippen LogP contribution is -2.46. The summed E-state index contributed by atoms with van der Waals surface area (Å²) in [5, 5.41) is 5.07. The Hall–Kier alpha value is -0.620. The zero-order valence-corrected chi connectivity index (χ0v) is 5.85. The maximum absolute atomic E-state index is 5.43. The Morgan fingerprint density at radius 2 is 2.56 bits per heavy atom. The number of hydrogen-bond donors (Lipinski definition) is 3. The number of thioether (sulfide) groups is 1. The number of nitrogens with zero attached hydrogens (tertiary/aromatic N) is 2. The first kappa shape index (κ1) is 6.50. The number of guanidine groups is 1. The molecule has 9 heavy (non-hydrogen) atoms. The van der Waals surface area contributed by atoms with Gasteiger partial charge in [-0.05, 0) is 6.26 Å². The maximum atomic E-state index is 5.43. The van der Waals surface area contributed by atoms with E-state index in [9.17, 15) is 0 Å². The summed E-state index contributed by atoms with van der Waals surface area (Å²) in [6.07, 6.45) is 1.92. The predicted octanol–water partition coefficient (Wildman–Crippen LogP) is -1.36. The predicted molar refractivity (Wildman–Crippen MR) is 38.1 cm³/mol. The molecule has 0 saturated carbocycles. The van der Waals surface area contributed by atoms with E-state index in [0.29, 0.717) is 5.96 Å². The molecule has 1 aliphatic rings. The minimum atomic E-state index is -0.00926. The van der Waals surface area contributed by atoms with Crippen molar-refractivity contribution >= 4 is 17.7 Å². The molecule has 1 atom stereocenters. The lowest BCUT2D eigenvalue weighted by atomic mass is 10.9. The molecule has 5 N–H and O–H groups in total. The average Bonchev–Trinajstić information content (AvgIpc) is 2.15. The van der Waals surface area contributed by atoms with E-state index in [1.165, 1.54) is 16.8 Å². The Kier molecular flexibility index (Phi) is 1.68. The lowest BCUT2D eigenvalue weighted by molar-refractivity contribution is 0.407. The molecule has 0 aromatic rings. The van der Waals surface area contributed by atoms with Crippen LogP contribution in [0, 0.1) is 0 Å². The van der Waals surface area contributed by atoms with Crippen molar-refractivity contribution in [3.8, 4) is 0 Å². The molecule has 0 aromatic heterocycles. The van der Waals surface area contributed by atoms with Crippen LogP contribution in [0.4, 0.5) is 0 Å². The second-order valence-electron chi connectivity index (χ2n) is 1.59. The fourth-order valence-electron chi connectivity index (χ4n) is 0.528. The highest BCUT2D eigenvalue weighted by Crippen LogP contribution is 2.08. The fourth-order valence-corrected chi connectivity index (χ4v) is 1.02. The molecular formula is C3H9N5S. The third-order valence-corrected chi connectivity index (χ3v) is 1.81. The first-order valence-corrected chi connectivity index (χ1v) is 3.70. The molecule has 0 aromatic carbocycles. The molecule has 0 radical (unpaired) electrons. The van der Waals surface area contributed by atoms with Crippen LogP contribution in [0.15, 0.2) is 5.10 Å². The average molecular weight is 147 g/mol. The van der Waals surface area contributed by atoms with Crippen molar-refractivity contribution in [2.45, 2.75) is 5.50 Å². The van der Waals surface area contributed by atoms with Gasteiger partial charge < -0.3 is 5.73 Å². The van der Waals surface area contributed by atoms with Gasteiger partial charge in [0.15, 0.2) is 5.50 Å². The summed E-state index contributed by atoms with van der Waals surface area (Å²) in [7, 11) is 0. The van der Waals surface area contributed by atoms with Crippen LogP contribution < -0.4 is 17.0 Å². The van der Waals surface area contributed by atoms with Gasteiger partial charge in [-0.2, -0.15) is 0 Å². The number of hydrogen-bond acceptors (Lipinski definition) is 6. The molecule has 0 spiro atoms. The first-order valence-electron chi connectivity index (χ1n) is 2.41. The number of hydrazine groups is 1. The molecular weight excluding hydrogens is 138 g/mol. The maximum Gasteiger partial charge on any atom is 0.230 e. The minimum absolute atomic E-state index is 0.00926. The summed E-state index contributed by atoms with van der Waals surface area (Å²) in [5.74, 6) is 5.76. The second-order valence-corrected chi connectivity index (χ2v) is 2.51. The standard InChI is InChI=1S/C3H9N5S/c1-9-3-7-6-2(4)8(3)5/h3,7H,5H2,1H3,(H2,4,6). The highest BCUT2D eigenvalue weighted by molar-refractivity contribution is 7.99. The van der Waals surface area contributed by atoms with Crippen LogP contribution in [0.3, 0.4) is 0 Å². The van der Waals surface area contributed by atoms with E-state index in [4.69, 9.17) is 11.6 Å². The van der Waals surface area contributed by atoms with Crippen LogP contribution in [0.1, 0.15) is 0 Å². The Balaban J connectivity index is 2.51. The van der Waals surface area contributed by atoms with E-state index in [0.717, 1.165) is 0 Å². The van der Waals surface area contributed by atoms with Crippen molar-refractivity contribution in [2.75, 3.05) is 6.26 Å². The van der Waals surface area contributed by atoms with Gasteiger partial charge in [-0.25, -0.2) is 10.9 Å². The van der Waals surface area contributed by atoms with Crippen molar-refractivity contribution < 1.29 is 0 Å². The topological polar surface area (TPSA) is 79.7 Å². The summed E-state index contributed by atoms with van der Waals surface area (Å²) < 4.78 is 0. The summed E-state index contributed by atoms with van der Waals surface area (Å²) in [4.78, 5) is 0. The largest absolute Gasteiger partial charge is 0.367 e. The zero-order valence-electron chi connectivity index (χ0n) is 5.03. The molecule has 1 rings (SSSR count). The van der Waals surface area contributed by atoms with Gasteiger partial charge in [0, 0.05) is 0 Å². The zero-order chi connectivity index (χ0) is 6.85. The van der Waals surface area contributed by atoms with E-state index in [1.54, 1.807) is 0 Å². The number of rotatable bonds is 1. The van der Waals surface area contributed by atoms with Crippen LogP contribution in [-0.4, -0.2) is 22.7 Å².